The van der Waals surface area contributed by atoms with Crippen LogP contribution in [0.1, 0.15) is 47.0 Å². The molecule has 2 heterocycles. The molecule has 0 fully saturated rings. The van der Waals surface area contributed by atoms with Gasteiger partial charge in [0.25, 0.3) is 11.8 Å². The molecule has 0 aromatic heterocycles. The van der Waals surface area contributed by atoms with Crippen molar-refractivity contribution in [2.45, 2.75) is 0 Å². The van der Waals surface area contributed by atoms with Gasteiger partial charge in [0.15, 0.2) is 0 Å². The van der Waals surface area contributed by atoms with Crippen LogP contribution in [-0.2, 0) is 0 Å². The van der Waals surface area contributed by atoms with Crippen molar-refractivity contribution in [3.05, 3.63) is 104 Å². The predicted molar refractivity (Wildman–Crippen MR) is 162 cm³/mol. The molecule has 2 N–H and O–H groups in total. The first-order valence-corrected chi connectivity index (χ1v) is 14.1. The molecule has 206 valence electrons. The molecule has 0 radical (unpaired) electrons. The molecule has 3 aromatic rings. The number of rotatable bonds is 1. The van der Waals surface area contributed by atoms with Gasteiger partial charge < -0.3 is 0 Å². The van der Waals surface area contributed by atoms with Crippen molar-refractivity contribution >= 4 is 134 Å². The number of hydrogen-bond acceptors (Lipinski definition) is 6. The van der Waals surface area contributed by atoms with E-state index in [1.165, 1.54) is 12.1 Å². The monoisotopic (exact) mass is 705 g/mol. The van der Waals surface area contributed by atoms with Crippen LogP contribution in [0.2, 0.25) is 40.2 Å². The van der Waals surface area contributed by atoms with Crippen molar-refractivity contribution in [1.29, 1.82) is 0 Å². The number of anilines is 2. The third-order valence-electron chi connectivity index (χ3n) is 6.74. The molecule has 3 aliphatic rings. The van der Waals surface area contributed by atoms with E-state index in [-0.39, 0.29) is 85.1 Å². The smallest absolute Gasteiger partial charge is 0.267 e. The Kier molecular flexibility index (Phi) is 6.94. The SMILES string of the molecule is NN1C(=C2C(=O)c3c(Cl)c(Cl)c(Cl)c(Cl)c3C2=O)C=Cc2cccc(N3C(=O)c4c(Cl)c(Cl)c(Cl)c(Cl)c4C3=O)c21. The largest absolute Gasteiger partial charge is 0.288 e. The molecule has 2 amide bonds. The average Bonchev–Trinajstić information content (AvgIpc) is 3.36. The third-order valence-corrected chi connectivity index (χ3v) is 10.3. The van der Waals surface area contributed by atoms with Gasteiger partial charge in [-0.2, -0.15) is 0 Å². The summed E-state index contributed by atoms with van der Waals surface area (Å²) in [6.07, 6.45) is 2.97. The topological polar surface area (TPSA) is 101 Å². The van der Waals surface area contributed by atoms with Crippen molar-refractivity contribution in [2.24, 2.45) is 5.84 Å². The molecule has 0 saturated carbocycles. The number of carbonyl (C=O) groups is 4. The maximum atomic E-state index is 13.6. The highest BCUT2D eigenvalue weighted by atomic mass is 35.5. The number of hydrogen-bond donors (Lipinski definition) is 1. The number of ketones is 2. The summed E-state index contributed by atoms with van der Waals surface area (Å²) < 4.78 is 0. The van der Waals surface area contributed by atoms with Gasteiger partial charge in [0.1, 0.15) is 0 Å². The number of imide groups is 1. The van der Waals surface area contributed by atoms with E-state index < -0.39 is 23.4 Å². The van der Waals surface area contributed by atoms with Crippen LogP contribution in [0.15, 0.2) is 35.5 Å². The Bertz CT molecular complexity index is 1840. The highest BCUT2D eigenvalue weighted by Crippen LogP contribution is 2.50. The maximum Gasteiger partial charge on any atom is 0.267 e. The van der Waals surface area contributed by atoms with Crippen molar-refractivity contribution in [3.8, 4) is 0 Å². The highest BCUT2D eigenvalue weighted by molar-refractivity contribution is 6.58. The van der Waals surface area contributed by atoms with Crippen LogP contribution in [0.25, 0.3) is 6.08 Å². The second-order valence-electron chi connectivity index (χ2n) is 8.79. The summed E-state index contributed by atoms with van der Waals surface area (Å²) in [7, 11) is 0. The Labute approximate surface area is 270 Å². The minimum absolute atomic E-state index is 0.00408. The van der Waals surface area contributed by atoms with Crippen LogP contribution < -0.4 is 15.8 Å². The van der Waals surface area contributed by atoms with Gasteiger partial charge in [-0.25, -0.2) is 10.7 Å². The number of para-hydroxylation sites is 1. The number of Topliss-reactive ketones (excluding diaryl/α,β-unsaturated/α-hetero) is 2. The molecular weight excluding hydrogens is 702 g/mol. The van der Waals surface area contributed by atoms with Crippen LogP contribution in [0.5, 0.6) is 0 Å². The molecule has 0 unspecified atom stereocenters. The Hall–Kier alpha value is -2.30. The summed E-state index contributed by atoms with van der Waals surface area (Å²) in [6.45, 7) is 0. The van der Waals surface area contributed by atoms with E-state index in [2.05, 4.69) is 0 Å². The van der Waals surface area contributed by atoms with Crippen molar-refractivity contribution < 1.29 is 19.2 Å². The van der Waals surface area contributed by atoms with E-state index in [0.717, 1.165) is 9.91 Å². The van der Waals surface area contributed by atoms with Crippen LogP contribution in [0.3, 0.4) is 0 Å². The number of nitrogens with two attached hydrogens (primary N) is 1. The standard InChI is InChI=1S/C26H7Cl8N3O4/c27-14-10-11(15(28)19(32)18(14)31)24(39)9(23(10)38)7-5-4-6-2-1-3-8(22(6)37(7)35)36-25(40)12-13(26(36)41)17(30)21(34)20(33)16(12)29/h1-5H,35H2. The highest BCUT2D eigenvalue weighted by Gasteiger charge is 2.46. The minimum Gasteiger partial charge on any atom is -0.288 e. The number of halogens is 8. The van der Waals surface area contributed by atoms with Gasteiger partial charge in [-0.15, -0.1) is 0 Å². The van der Waals surface area contributed by atoms with Crippen molar-refractivity contribution in [1.82, 2.24) is 0 Å². The number of nitrogens with zero attached hydrogens (tertiary/aromatic N) is 2. The molecule has 0 saturated heterocycles. The molecule has 15 heteroatoms. The van der Waals surface area contributed by atoms with Gasteiger partial charge in [0.2, 0.25) is 11.6 Å². The fourth-order valence-electron chi connectivity index (χ4n) is 4.91. The first kappa shape index (κ1) is 28.8. The molecule has 3 aromatic carbocycles. The van der Waals surface area contributed by atoms with Crippen LogP contribution in [0, 0.1) is 0 Å². The van der Waals surface area contributed by atoms with Crippen LogP contribution in [-0.4, -0.2) is 23.4 Å². The molecule has 0 spiro atoms. The summed E-state index contributed by atoms with van der Waals surface area (Å²) in [5.41, 5.74) is -0.847. The Morgan fingerprint density at radius 2 is 1.00 bits per heavy atom. The molecule has 0 bridgehead atoms. The number of hydrazine groups is 1. The summed E-state index contributed by atoms with van der Waals surface area (Å²) >= 11 is 49.7. The van der Waals surface area contributed by atoms with Gasteiger partial charge in [0.05, 0.1) is 85.1 Å². The fourth-order valence-corrected chi connectivity index (χ4v) is 6.95. The Morgan fingerprint density at radius 3 is 1.46 bits per heavy atom. The van der Waals surface area contributed by atoms with Crippen LogP contribution in [0.4, 0.5) is 11.4 Å². The fraction of sp³-hybridized carbons (Fsp3) is 0. The van der Waals surface area contributed by atoms with E-state index in [1.54, 1.807) is 18.2 Å². The van der Waals surface area contributed by atoms with Crippen molar-refractivity contribution in [3.63, 3.8) is 0 Å². The molecule has 2 aliphatic heterocycles. The maximum absolute atomic E-state index is 13.6. The number of carbonyl (C=O) groups excluding carboxylic acids is 4. The minimum atomic E-state index is -0.843. The number of amides is 2. The van der Waals surface area contributed by atoms with Gasteiger partial charge in [0, 0.05) is 5.56 Å². The first-order valence-electron chi connectivity index (χ1n) is 11.1. The van der Waals surface area contributed by atoms with E-state index in [1.807, 2.05) is 0 Å². The summed E-state index contributed by atoms with van der Waals surface area (Å²) in [5.74, 6) is 3.22. The lowest BCUT2D eigenvalue weighted by Crippen LogP contribution is -2.37. The van der Waals surface area contributed by atoms with E-state index in [9.17, 15) is 19.2 Å². The van der Waals surface area contributed by atoms with Gasteiger partial charge >= 0.3 is 0 Å². The molecule has 1 aliphatic carbocycles. The summed E-state index contributed by atoms with van der Waals surface area (Å²) in [6, 6.07) is 4.65. The number of allylic oxidation sites excluding steroid dienone is 2. The third kappa shape index (κ3) is 3.78. The molecule has 7 nitrogen and oxygen atoms in total. The lowest BCUT2D eigenvalue weighted by molar-refractivity contribution is 0.0922. The molecular formula is C26H7Cl8N3O4. The van der Waals surface area contributed by atoms with Gasteiger partial charge in [-0.3, -0.25) is 24.2 Å². The summed E-state index contributed by atoms with van der Waals surface area (Å²) in [5, 5.41) is -0.757. The zero-order chi connectivity index (χ0) is 29.8. The lowest BCUT2D eigenvalue weighted by Gasteiger charge is -2.30. The van der Waals surface area contributed by atoms with Crippen LogP contribution >= 0.6 is 92.8 Å². The molecule has 0 atom stereocenters. The van der Waals surface area contributed by atoms with E-state index >= 15 is 0 Å². The number of fused-ring (bicyclic) bond motifs is 3. The molecule has 6 rings (SSSR count). The molecule has 41 heavy (non-hydrogen) atoms. The lowest BCUT2D eigenvalue weighted by atomic mass is 10.0. The van der Waals surface area contributed by atoms with E-state index in [0.29, 0.717) is 5.56 Å². The van der Waals surface area contributed by atoms with Gasteiger partial charge in [-0.1, -0.05) is 111 Å². The summed E-state index contributed by atoms with van der Waals surface area (Å²) in [4.78, 5) is 55.0. The number of benzene rings is 3. The first-order chi connectivity index (χ1) is 19.3. The second-order valence-corrected chi connectivity index (χ2v) is 11.8. The Morgan fingerprint density at radius 1 is 0.561 bits per heavy atom. The van der Waals surface area contributed by atoms with E-state index in [4.69, 9.17) is 98.7 Å². The average molecular weight is 709 g/mol. The quantitative estimate of drug-likeness (QED) is 0.0678. The van der Waals surface area contributed by atoms with Crippen molar-refractivity contribution in [2.75, 3.05) is 9.91 Å². The normalized spacial score (nSPS) is 15.8. The van der Waals surface area contributed by atoms with Gasteiger partial charge in [-0.05, 0) is 12.1 Å². The predicted octanol–water partition coefficient (Wildman–Crippen LogP) is 8.75. The zero-order valence-electron chi connectivity index (χ0n) is 19.5. The second kappa shape index (κ2) is 9.88. The Balaban J connectivity index is 1.53. The zero-order valence-corrected chi connectivity index (χ0v) is 25.6.